The van der Waals surface area contributed by atoms with Gasteiger partial charge in [-0.05, 0) is 39.6 Å². The molecule has 1 aromatic rings. The highest BCUT2D eigenvalue weighted by molar-refractivity contribution is 7.16. The van der Waals surface area contributed by atoms with Crippen LogP contribution in [0.5, 0.6) is 0 Å². The van der Waals surface area contributed by atoms with Gasteiger partial charge in [-0.3, -0.25) is 9.59 Å². The predicted molar refractivity (Wildman–Crippen MR) is 90.1 cm³/mol. The van der Waals surface area contributed by atoms with Crippen molar-refractivity contribution < 1.29 is 9.59 Å². The van der Waals surface area contributed by atoms with E-state index in [0.717, 1.165) is 18.0 Å². The normalized spacial score (nSPS) is 18.4. The molecule has 1 aliphatic rings. The molecule has 1 atom stereocenters. The summed E-state index contributed by atoms with van der Waals surface area (Å²) in [6.07, 6.45) is 4.18. The zero-order valence-corrected chi connectivity index (χ0v) is 14.2. The van der Waals surface area contributed by atoms with Crippen molar-refractivity contribution in [2.75, 3.05) is 39.0 Å². The number of nitrogens with zero attached hydrogens (tertiary/aromatic N) is 2. The van der Waals surface area contributed by atoms with Crippen molar-refractivity contribution in [1.29, 1.82) is 0 Å². The lowest BCUT2D eigenvalue weighted by Crippen LogP contribution is -2.30. The molecule has 0 radical (unpaired) electrons. The van der Waals surface area contributed by atoms with Crippen molar-refractivity contribution in [2.45, 2.75) is 13.3 Å². The maximum absolute atomic E-state index is 12.2. The van der Waals surface area contributed by atoms with Gasteiger partial charge in [-0.2, -0.15) is 0 Å². The average molecular weight is 321 g/mol. The smallest absolute Gasteiger partial charge is 0.246 e. The molecule has 2 amide bonds. The summed E-state index contributed by atoms with van der Waals surface area (Å²) in [5.41, 5.74) is 0. The number of likely N-dealkylation sites (tertiary alicyclic amines) is 1. The van der Waals surface area contributed by atoms with E-state index in [1.165, 1.54) is 4.88 Å². The number of rotatable bonds is 5. The molecular formula is C16H23N3O2S. The molecule has 1 saturated heterocycles. The summed E-state index contributed by atoms with van der Waals surface area (Å²) in [4.78, 5) is 29.2. The molecule has 22 heavy (non-hydrogen) atoms. The summed E-state index contributed by atoms with van der Waals surface area (Å²) in [7, 11) is 3.91. The number of thiophene rings is 1. The SMILES string of the molecule is Cc1ccc(NC(=O)C2CCN(C(=O)/C=C/CN(C)C)C2)s1. The zero-order valence-electron chi connectivity index (χ0n) is 13.3. The van der Waals surface area contributed by atoms with E-state index in [-0.39, 0.29) is 17.7 Å². The lowest BCUT2D eigenvalue weighted by atomic mass is 10.1. The number of hydrogen-bond donors (Lipinski definition) is 1. The van der Waals surface area contributed by atoms with Crippen LogP contribution in [0.1, 0.15) is 11.3 Å². The molecule has 0 bridgehead atoms. The Labute approximate surface area is 135 Å². The first-order chi connectivity index (χ1) is 10.5. The van der Waals surface area contributed by atoms with Gasteiger partial charge in [0.1, 0.15) is 0 Å². The predicted octanol–water partition coefficient (Wildman–Crippen LogP) is 1.96. The van der Waals surface area contributed by atoms with Gasteiger partial charge in [0.15, 0.2) is 0 Å². The molecule has 2 heterocycles. The Morgan fingerprint density at radius 2 is 2.23 bits per heavy atom. The van der Waals surface area contributed by atoms with Crippen molar-refractivity contribution >= 4 is 28.2 Å². The number of aryl methyl sites for hydroxylation is 1. The molecule has 0 aliphatic carbocycles. The minimum absolute atomic E-state index is 0.00872. The highest BCUT2D eigenvalue weighted by atomic mass is 32.1. The van der Waals surface area contributed by atoms with Crippen LogP contribution in [0.15, 0.2) is 24.3 Å². The van der Waals surface area contributed by atoms with Crippen molar-refractivity contribution in [2.24, 2.45) is 5.92 Å². The molecule has 0 aromatic carbocycles. The van der Waals surface area contributed by atoms with Crippen LogP contribution < -0.4 is 5.32 Å². The summed E-state index contributed by atoms with van der Waals surface area (Å²) in [5.74, 6) is -0.118. The molecule has 0 spiro atoms. The van der Waals surface area contributed by atoms with E-state index in [1.807, 2.05) is 44.1 Å². The van der Waals surface area contributed by atoms with Crippen LogP contribution in [0, 0.1) is 12.8 Å². The topological polar surface area (TPSA) is 52.7 Å². The standard InChI is InChI=1S/C16H23N3O2S/c1-12-6-7-14(22-12)17-16(21)13-8-10-19(11-13)15(20)5-4-9-18(2)3/h4-7,13H,8-11H2,1-3H3,(H,17,21)/b5-4+. The summed E-state index contributed by atoms with van der Waals surface area (Å²) < 4.78 is 0. The number of hydrogen-bond acceptors (Lipinski definition) is 4. The second-order valence-electron chi connectivity index (χ2n) is 5.83. The van der Waals surface area contributed by atoms with E-state index in [2.05, 4.69) is 5.32 Å². The Hall–Kier alpha value is -1.66. The number of nitrogens with one attached hydrogen (secondary N) is 1. The zero-order chi connectivity index (χ0) is 16.1. The Bertz CT molecular complexity index is 565. The van der Waals surface area contributed by atoms with Crippen molar-refractivity contribution in [3.63, 3.8) is 0 Å². The van der Waals surface area contributed by atoms with Crippen LogP contribution in [0.2, 0.25) is 0 Å². The molecule has 120 valence electrons. The summed E-state index contributed by atoms with van der Waals surface area (Å²) in [5, 5.41) is 3.81. The number of anilines is 1. The Balaban J connectivity index is 1.82. The maximum atomic E-state index is 12.2. The van der Waals surface area contributed by atoms with E-state index < -0.39 is 0 Å². The van der Waals surface area contributed by atoms with Gasteiger partial charge in [-0.15, -0.1) is 11.3 Å². The maximum Gasteiger partial charge on any atom is 0.246 e. The monoisotopic (exact) mass is 321 g/mol. The third-order valence-electron chi connectivity index (χ3n) is 3.59. The molecule has 5 nitrogen and oxygen atoms in total. The van der Waals surface area contributed by atoms with Gasteiger partial charge in [-0.25, -0.2) is 0 Å². The van der Waals surface area contributed by atoms with Crippen molar-refractivity contribution in [3.05, 3.63) is 29.2 Å². The van der Waals surface area contributed by atoms with Gasteiger partial charge < -0.3 is 15.1 Å². The van der Waals surface area contributed by atoms with Crippen molar-refractivity contribution in [3.8, 4) is 0 Å². The molecule has 1 aliphatic heterocycles. The summed E-state index contributed by atoms with van der Waals surface area (Å²) >= 11 is 1.57. The fourth-order valence-electron chi connectivity index (χ4n) is 2.37. The minimum atomic E-state index is -0.117. The Kier molecular flexibility index (Phi) is 5.74. The molecule has 0 saturated carbocycles. The first-order valence-electron chi connectivity index (χ1n) is 7.43. The van der Waals surface area contributed by atoms with Gasteiger partial charge in [0, 0.05) is 30.6 Å². The van der Waals surface area contributed by atoms with Crippen LogP contribution in [-0.2, 0) is 9.59 Å². The first-order valence-corrected chi connectivity index (χ1v) is 8.25. The van der Waals surface area contributed by atoms with Gasteiger partial charge in [-0.1, -0.05) is 6.08 Å². The fourth-order valence-corrected chi connectivity index (χ4v) is 3.14. The van der Waals surface area contributed by atoms with E-state index in [0.29, 0.717) is 13.1 Å². The third-order valence-corrected chi connectivity index (χ3v) is 4.50. The van der Waals surface area contributed by atoms with E-state index in [1.54, 1.807) is 22.3 Å². The van der Waals surface area contributed by atoms with E-state index in [9.17, 15) is 9.59 Å². The average Bonchev–Trinajstić information content (AvgIpc) is 3.07. The van der Waals surface area contributed by atoms with Gasteiger partial charge >= 0.3 is 0 Å². The van der Waals surface area contributed by atoms with Crippen molar-refractivity contribution in [1.82, 2.24) is 9.80 Å². The number of carbonyl (C=O) groups excluding carboxylic acids is 2. The molecule has 1 N–H and O–H groups in total. The van der Waals surface area contributed by atoms with E-state index in [4.69, 9.17) is 0 Å². The Morgan fingerprint density at radius 3 is 2.86 bits per heavy atom. The quantitative estimate of drug-likeness (QED) is 0.844. The molecule has 2 rings (SSSR count). The first kappa shape index (κ1) is 16.7. The number of carbonyl (C=O) groups is 2. The molecule has 1 aromatic heterocycles. The molecule has 1 unspecified atom stereocenters. The lowest BCUT2D eigenvalue weighted by molar-refractivity contribution is -0.125. The van der Waals surface area contributed by atoms with Crippen LogP contribution >= 0.6 is 11.3 Å². The Morgan fingerprint density at radius 1 is 1.45 bits per heavy atom. The van der Waals surface area contributed by atoms with Crippen LogP contribution in [0.3, 0.4) is 0 Å². The lowest BCUT2D eigenvalue weighted by Gasteiger charge is -2.14. The van der Waals surface area contributed by atoms with Crippen LogP contribution in [0.25, 0.3) is 0 Å². The second kappa shape index (κ2) is 7.56. The molecule has 1 fully saturated rings. The van der Waals surface area contributed by atoms with Gasteiger partial charge in [0.25, 0.3) is 0 Å². The molecule has 6 heteroatoms. The number of likely N-dealkylation sites (N-methyl/N-ethyl adjacent to an activating group) is 1. The largest absolute Gasteiger partial charge is 0.338 e. The van der Waals surface area contributed by atoms with Gasteiger partial charge in [0.2, 0.25) is 11.8 Å². The van der Waals surface area contributed by atoms with E-state index >= 15 is 0 Å². The second-order valence-corrected chi connectivity index (χ2v) is 7.12. The highest BCUT2D eigenvalue weighted by Gasteiger charge is 2.30. The molecular weight excluding hydrogens is 298 g/mol. The van der Waals surface area contributed by atoms with Gasteiger partial charge in [0.05, 0.1) is 10.9 Å². The minimum Gasteiger partial charge on any atom is -0.338 e. The van der Waals surface area contributed by atoms with Crippen LogP contribution in [0.4, 0.5) is 5.00 Å². The number of amides is 2. The summed E-state index contributed by atoms with van der Waals surface area (Å²) in [6.45, 7) is 3.89. The van der Waals surface area contributed by atoms with Crippen LogP contribution in [-0.4, -0.2) is 55.3 Å². The highest BCUT2D eigenvalue weighted by Crippen LogP contribution is 2.23. The summed E-state index contributed by atoms with van der Waals surface area (Å²) in [6, 6.07) is 3.90. The third kappa shape index (κ3) is 4.68. The fraction of sp³-hybridized carbons (Fsp3) is 0.500.